The zero-order chi connectivity index (χ0) is 35.2. The maximum absolute atomic E-state index is 14.6. The van der Waals surface area contributed by atoms with Gasteiger partial charge in [-0.15, -0.1) is 0 Å². The molecule has 12 nitrogen and oxygen atoms in total. The normalized spacial score (nSPS) is 36.3. The molecule has 2 saturated carbocycles. The molecule has 2 N–H and O–H groups in total. The Kier molecular flexibility index (Phi) is 6.38. The van der Waals surface area contributed by atoms with Crippen molar-refractivity contribution in [1.82, 2.24) is 0 Å². The molecule has 5 aliphatic rings. The van der Waals surface area contributed by atoms with E-state index in [1.807, 2.05) is 27.7 Å². The first-order chi connectivity index (χ1) is 22.1. The van der Waals surface area contributed by atoms with E-state index in [1.54, 1.807) is 40.7 Å². The number of carbonyl (C=O) groups excluding carboxylic acids is 4. The molecule has 1 aromatic carbocycles. The highest BCUT2D eigenvalue weighted by molar-refractivity contribution is 5.95. The molecule has 0 amide bonds. The lowest BCUT2D eigenvalue weighted by Crippen LogP contribution is -2.58. The Labute approximate surface area is 277 Å². The fourth-order valence-corrected chi connectivity index (χ4v) is 9.03. The van der Waals surface area contributed by atoms with Gasteiger partial charge in [-0.25, -0.2) is 14.4 Å². The van der Waals surface area contributed by atoms with Gasteiger partial charge in [0.2, 0.25) is 11.2 Å². The average Bonchev–Trinajstić information content (AvgIpc) is 3.46. The van der Waals surface area contributed by atoms with Crippen LogP contribution in [-0.2, 0) is 44.7 Å². The van der Waals surface area contributed by atoms with Crippen molar-refractivity contribution in [3.8, 4) is 5.75 Å². The minimum Gasteiger partial charge on any atom is -0.483 e. The van der Waals surface area contributed by atoms with E-state index in [2.05, 4.69) is 0 Å². The predicted octanol–water partition coefficient (Wildman–Crippen LogP) is 4.47. The number of rotatable bonds is 5. The van der Waals surface area contributed by atoms with Gasteiger partial charge in [-0.2, -0.15) is 0 Å². The molecule has 48 heavy (non-hydrogen) atoms. The van der Waals surface area contributed by atoms with Crippen molar-refractivity contribution in [3.05, 3.63) is 39.2 Å². The summed E-state index contributed by atoms with van der Waals surface area (Å²) in [5.41, 5.74) is -1.31. The van der Waals surface area contributed by atoms with E-state index >= 15 is 0 Å². The number of esters is 4. The Hall–Kier alpha value is -3.93. The molecule has 4 heterocycles. The van der Waals surface area contributed by atoms with Crippen LogP contribution in [0.3, 0.4) is 0 Å². The van der Waals surface area contributed by atoms with Crippen LogP contribution < -0.4 is 16.1 Å². The molecule has 12 heteroatoms. The van der Waals surface area contributed by atoms with Crippen LogP contribution in [0.2, 0.25) is 0 Å². The molecule has 2 aromatic rings. The van der Waals surface area contributed by atoms with Gasteiger partial charge >= 0.3 is 29.5 Å². The number of hydrogen-bond donors (Lipinski definition) is 1. The van der Waals surface area contributed by atoms with Crippen LogP contribution in [0.15, 0.2) is 21.3 Å². The number of benzene rings is 1. The minimum absolute atomic E-state index is 0.0246. The molecular formula is C36H43NO11. The number of ether oxygens (including phenoxy) is 5. The van der Waals surface area contributed by atoms with E-state index in [4.69, 9.17) is 33.8 Å². The number of fused-ring (bicyclic) bond motifs is 7. The topological polar surface area (TPSA) is 171 Å². The van der Waals surface area contributed by atoms with E-state index in [-0.39, 0.29) is 36.3 Å². The van der Waals surface area contributed by atoms with E-state index in [0.717, 1.165) is 0 Å². The van der Waals surface area contributed by atoms with Crippen molar-refractivity contribution < 1.29 is 47.3 Å². The number of aryl methyl sites for hydroxylation is 1. The van der Waals surface area contributed by atoms with E-state index < -0.39 is 80.2 Å². The molecule has 4 bridgehead atoms. The lowest BCUT2D eigenvalue weighted by molar-refractivity contribution is -0.217. The first-order valence-electron chi connectivity index (χ1n) is 16.5. The van der Waals surface area contributed by atoms with Crippen molar-refractivity contribution in [1.29, 1.82) is 0 Å². The monoisotopic (exact) mass is 665 g/mol. The molecule has 4 fully saturated rings. The van der Waals surface area contributed by atoms with Gasteiger partial charge in [-0.1, -0.05) is 27.7 Å². The highest BCUT2D eigenvalue weighted by Gasteiger charge is 2.78. The van der Waals surface area contributed by atoms with Gasteiger partial charge in [-0.3, -0.25) is 9.59 Å². The molecule has 0 spiro atoms. The second-order valence-corrected chi connectivity index (χ2v) is 16.3. The van der Waals surface area contributed by atoms with E-state index in [9.17, 15) is 24.0 Å². The van der Waals surface area contributed by atoms with Gasteiger partial charge in [-0.05, 0) is 71.9 Å². The number of nitrogens with two attached hydrogens (primary N) is 1. The molecular weight excluding hydrogens is 622 g/mol. The number of hydrogen-bond acceptors (Lipinski definition) is 12. The molecule has 6 atom stereocenters. The average molecular weight is 666 g/mol. The Balaban J connectivity index is 1.41. The highest BCUT2D eigenvalue weighted by atomic mass is 16.7. The minimum atomic E-state index is -1.62. The van der Waals surface area contributed by atoms with Gasteiger partial charge in [0.05, 0.1) is 16.4 Å². The molecule has 1 aromatic heterocycles. The van der Waals surface area contributed by atoms with Gasteiger partial charge in [0, 0.05) is 34.4 Å². The fraction of sp³-hybridized carbons (Fsp3) is 0.639. The largest absolute Gasteiger partial charge is 0.483 e. The maximum Gasteiger partial charge on any atom is 0.351 e. The van der Waals surface area contributed by atoms with Crippen LogP contribution >= 0.6 is 0 Å². The molecule has 3 aliphatic heterocycles. The Morgan fingerprint density at radius 3 is 1.77 bits per heavy atom. The first-order valence-corrected chi connectivity index (χ1v) is 16.5. The Morgan fingerprint density at radius 2 is 1.31 bits per heavy atom. The third-order valence-electron chi connectivity index (χ3n) is 13.4. The molecule has 0 radical (unpaired) electrons. The van der Waals surface area contributed by atoms with Gasteiger partial charge in [0.1, 0.15) is 16.9 Å². The number of carbonyl (C=O) groups is 4. The molecule has 7 rings (SSSR count). The maximum atomic E-state index is 14.6. The summed E-state index contributed by atoms with van der Waals surface area (Å²) in [7, 11) is 0. The third kappa shape index (κ3) is 3.57. The van der Waals surface area contributed by atoms with Gasteiger partial charge < -0.3 is 33.8 Å². The van der Waals surface area contributed by atoms with Crippen LogP contribution in [0, 0.1) is 28.6 Å². The summed E-state index contributed by atoms with van der Waals surface area (Å²) in [5.74, 6) is -2.36. The summed E-state index contributed by atoms with van der Waals surface area (Å²) in [5, 5.41) is 0.526. The summed E-state index contributed by atoms with van der Waals surface area (Å²) in [6.45, 7) is 15.9. The van der Waals surface area contributed by atoms with Crippen LogP contribution in [0.5, 0.6) is 5.75 Å². The lowest BCUT2D eigenvalue weighted by Gasteiger charge is -2.46. The van der Waals surface area contributed by atoms with E-state index in [1.165, 1.54) is 6.07 Å². The van der Waals surface area contributed by atoms with Crippen LogP contribution in [0.25, 0.3) is 11.0 Å². The van der Waals surface area contributed by atoms with Crippen molar-refractivity contribution in [2.75, 3.05) is 0 Å². The fourth-order valence-electron chi connectivity index (χ4n) is 9.03. The van der Waals surface area contributed by atoms with Gasteiger partial charge in [0.15, 0.2) is 12.2 Å². The molecule has 2 aliphatic carbocycles. The molecule has 0 unspecified atom stereocenters. The predicted molar refractivity (Wildman–Crippen MR) is 168 cm³/mol. The SMILES string of the molecule is Cc1cc(=O)oc2c3c(c(CN)cc12)OC(C)(C)[C@H](OC(=O)[C@@]12CC[C@](C)(C(=O)O1)C2(C)C)[C@@H]3OC(=O)[C@@]12CC[C@](C)(C(=O)O1)C2(C)C. The van der Waals surface area contributed by atoms with E-state index in [0.29, 0.717) is 29.4 Å². The van der Waals surface area contributed by atoms with Crippen molar-refractivity contribution >= 4 is 34.8 Å². The summed E-state index contributed by atoms with van der Waals surface area (Å²) < 4.78 is 36.8. The third-order valence-corrected chi connectivity index (χ3v) is 13.4. The summed E-state index contributed by atoms with van der Waals surface area (Å²) in [6, 6.07) is 3.10. The quantitative estimate of drug-likeness (QED) is 0.270. The van der Waals surface area contributed by atoms with Crippen LogP contribution in [0.4, 0.5) is 0 Å². The second-order valence-electron chi connectivity index (χ2n) is 16.3. The van der Waals surface area contributed by atoms with Crippen molar-refractivity contribution in [2.45, 2.75) is 124 Å². The zero-order valence-electron chi connectivity index (χ0n) is 28.9. The zero-order valence-corrected chi connectivity index (χ0v) is 28.9. The van der Waals surface area contributed by atoms with Crippen LogP contribution in [0.1, 0.15) is 104 Å². The standard InChI is InChI=1S/C36H43NO11/c1-17-14-20(38)43-23-19(17)15-18(16-37)22-21(23)24(44-28(41)35-12-10-33(8,26(39)47-35)31(35,4)5)25(30(2,3)46-22)45-29(42)36-13-11-34(9,27(40)48-36)32(36,6)7/h14-15,24-25H,10-13,16,37H2,1-9H3/t24-,25-,33-,34-,35-,36-/m1/s1. The summed E-state index contributed by atoms with van der Waals surface area (Å²) >= 11 is 0. The Morgan fingerprint density at radius 1 is 0.792 bits per heavy atom. The smallest absolute Gasteiger partial charge is 0.351 e. The van der Waals surface area contributed by atoms with Crippen molar-refractivity contribution in [2.24, 2.45) is 27.4 Å². The Bertz CT molecular complexity index is 1910. The second kappa shape index (κ2) is 9.40. The molecule has 258 valence electrons. The van der Waals surface area contributed by atoms with Crippen LogP contribution in [-0.4, -0.2) is 46.8 Å². The summed E-state index contributed by atoms with van der Waals surface area (Å²) in [6.07, 6.45) is -1.44. The first kappa shape index (κ1) is 32.6. The molecule has 2 saturated heterocycles. The summed E-state index contributed by atoms with van der Waals surface area (Å²) in [4.78, 5) is 68.0. The van der Waals surface area contributed by atoms with Crippen molar-refractivity contribution in [3.63, 3.8) is 0 Å². The lowest BCUT2D eigenvalue weighted by atomic mass is 9.66. The van der Waals surface area contributed by atoms with Gasteiger partial charge in [0.25, 0.3) is 0 Å². The highest BCUT2D eigenvalue weighted by Crippen LogP contribution is 2.67.